The number of benzene rings is 1. The van der Waals surface area contributed by atoms with Gasteiger partial charge in [-0.15, -0.1) is 0 Å². The normalized spacial score (nSPS) is 20.8. The first-order valence-corrected chi connectivity index (χ1v) is 13.6. The van der Waals surface area contributed by atoms with E-state index >= 15 is 0 Å². The SMILES string of the molecule is COC(=O)C1=CO[C@@H](OC(=O)[C@H](Cc2ccccc2)NC(=O)OC(C)(C)C)[C@@H]2C(COC(=O)[C@@H](C)CC(N)=O)=CC[C@H]12. The van der Waals surface area contributed by atoms with Gasteiger partial charge in [0.1, 0.15) is 18.2 Å². The van der Waals surface area contributed by atoms with Gasteiger partial charge < -0.3 is 34.7 Å². The number of alkyl carbamates (subject to hydrolysis) is 1. The van der Waals surface area contributed by atoms with E-state index in [-0.39, 0.29) is 25.0 Å². The van der Waals surface area contributed by atoms with Crippen molar-refractivity contribution in [2.24, 2.45) is 23.5 Å². The molecule has 0 radical (unpaired) electrons. The minimum atomic E-state index is -1.20. The lowest BCUT2D eigenvalue weighted by Gasteiger charge is -2.35. The third-order valence-electron chi connectivity index (χ3n) is 6.72. The maximum Gasteiger partial charge on any atom is 0.408 e. The number of fused-ring (bicyclic) bond motifs is 1. The maximum atomic E-state index is 13.5. The molecule has 228 valence electrons. The highest BCUT2D eigenvalue weighted by molar-refractivity contribution is 5.89. The van der Waals surface area contributed by atoms with E-state index in [1.165, 1.54) is 20.3 Å². The Bertz CT molecular complexity index is 1230. The zero-order chi connectivity index (χ0) is 31.0. The van der Waals surface area contributed by atoms with Crippen molar-refractivity contribution in [2.75, 3.05) is 13.7 Å². The van der Waals surface area contributed by atoms with Crippen molar-refractivity contribution in [3.63, 3.8) is 0 Å². The highest BCUT2D eigenvalue weighted by Gasteiger charge is 2.47. The quantitative estimate of drug-likeness (QED) is 0.223. The number of primary amides is 1. The summed E-state index contributed by atoms with van der Waals surface area (Å²) in [5.41, 5.74) is 5.96. The number of ether oxygens (including phenoxy) is 5. The average Bonchev–Trinajstić information content (AvgIpc) is 3.34. The largest absolute Gasteiger partial charge is 0.466 e. The summed E-state index contributed by atoms with van der Waals surface area (Å²) in [4.78, 5) is 62.2. The molecule has 1 heterocycles. The van der Waals surface area contributed by atoms with E-state index in [0.29, 0.717) is 12.0 Å². The molecule has 12 heteroatoms. The number of nitrogens with two attached hydrogens (primary N) is 1. The van der Waals surface area contributed by atoms with Crippen LogP contribution in [0.1, 0.15) is 46.1 Å². The molecule has 42 heavy (non-hydrogen) atoms. The van der Waals surface area contributed by atoms with Gasteiger partial charge in [0.2, 0.25) is 5.91 Å². The average molecular weight is 587 g/mol. The number of carbonyl (C=O) groups is 5. The Morgan fingerprint density at radius 3 is 2.40 bits per heavy atom. The van der Waals surface area contributed by atoms with Gasteiger partial charge in [-0.2, -0.15) is 0 Å². The first kappa shape index (κ1) is 32.2. The lowest BCUT2D eigenvalue weighted by Crippen LogP contribution is -2.48. The second-order valence-electron chi connectivity index (χ2n) is 11.2. The third kappa shape index (κ3) is 8.82. The Kier molecular flexibility index (Phi) is 10.7. The van der Waals surface area contributed by atoms with Crippen molar-refractivity contribution in [1.29, 1.82) is 0 Å². The molecule has 5 atom stereocenters. The van der Waals surface area contributed by atoms with Crippen molar-refractivity contribution in [2.45, 2.75) is 64.9 Å². The van der Waals surface area contributed by atoms with Gasteiger partial charge in [-0.1, -0.05) is 43.3 Å². The predicted octanol–water partition coefficient (Wildman–Crippen LogP) is 2.70. The monoisotopic (exact) mass is 586 g/mol. The van der Waals surface area contributed by atoms with E-state index in [9.17, 15) is 24.0 Å². The molecule has 0 aromatic heterocycles. The summed E-state index contributed by atoms with van der Waals surface area (Å²) in [6.45, 7) is 6.45. The standard InChI is InChI=1S/C30H38N2O10/c1-17(13-23(31)33)25(34)39-15-19-11-12-20-21(26(35)38-5)16-40-28(24(19)20)41-27(36)22(14-18-9-7-6-8-10-18)32-29(37)42-30(2,3)4/h6-11,16-17,20,22,24,28H,12-15H2,1-5H3,(H2,31,33)(H,32,37)/t17-,20+,22-,24+,28-/m0/s1. The fourth-order valence-electron chi connectivity index (χ4n) is 4.76. The van der Waals surface area contributed by atoms with Crippen LogP contribution in [0.25, 0.3) is 0 Å². The van der Waals surface area contributed by atoms with Crippen LogP contribution in [0.4, 0.5) is 4.79 Å². The molecule has 2 amide bonds. The van der Waals surface area contributed by atoms with Crippen molar-refractivity contribution < 1.29 is 47.7 Å². The lowest BCUT2D eigenvalue weighted by atomic mass is 9.83. The minimum absolute atomic E-state index is 0.112. The summed E-state index contributed by atoms with van der Waals surface area (Å²) < 4.78 is 27.2. The van der Waals surface area contributed by atoms with Crippen LogP contribution in [-0.2, 0) is 49.3 Å². The summed E-state index contributed by atoms with van der Waals surface area (Å²) in [6, 6.07) is 7.92. The van der Waals surface area contributed by atoms with E-state index in [1.807, 2.05) is 6.07 Å². The highest BCUT2D eigenvalue weighted by atomic mass is 16.7. The molecule has 3 rings (SSSR count). The molecule has 1 aliphatic carbocycles. The van der Waals surface area contributed by atoms with Crippen LogP contribution in [-0.4, -0.2) is 61.6 Å². The summed E-state index contributed by atoms with van der Waals surface area (Å²) >= 11 is 0. The highest BCUT2D eigenvalue weighted by Crippen LogP contribution is 2.44. The maximum absolute atomic E-state index is 13.5. The first-order chi connectivity index (χ1) is 19.8. The molecular formula is C30H38N2O10. The van der Waals surface area contributed by atoms with Gasteiger partial charge in [-0.3, -0.25) is 9.59 Å². The van der Waals surface area contributed by atoms with Crippen molar-refractivity contribution in [3.8, 4) is 0 Å². The molecule has 0 bridgehead atoms. The summed E-state index contributed by atoms with van der Waals surface area (Å²) in [6.07, 6.45) is 1.30. The van der Waals surface area contributed by atoms with Gasteiger partial charge in [0.05, 0.1) is 30.8 Å². The number of hydrogen-bond donors (Lipinski definition) is 2. The van der Waals surface area contributed by atoms with E-state index in [4.69, 9.17) is 29.4 Å². The molecule has 0 fully saturated rings. The van der Waals surface area contributed by atoms with Crippen LogP contribution in [0, 0.1) is 17.8 Å². The van der Waals surface area contributed by atoms with Crippen LogP contribution in [0.5, 0.6) is 0 Å². The summed E-state index contributed by atoms with van der Waals surface area (Å²) in [5, 5.41) is 2.58. The molecule has 0 saturated heterocycles. The minimum Gasteiger partial charge on any atom is -0.466 e. The molecule has 3 N–H and O–H groups in total. The molecule has 1 aromatic carbocycles. The van der Waals surface area contributed by atoms with Crippen molar-refractivity contribution in [1.82, 2.24) is 5.32 Å². The van der Waals surface area contributed by atoms with Gasteiger partial charge in [0.15, 0.2) is 0 Å². The van der Waals surface area contributed by atoms with E-state index < -0.39 is 65.6 Å². The van der Waals surface area contributed by atoms with Crippen LogP contribution in [0.2, 0.25) is 0 Å². The Balaban J connectivity index is 1.81. The van der Waals surface area contributed by atoms with Crippen molar-refractivity contribution in [3.05, 3.63) is 59.4 Å². The Morgan fingerprint density at radius 1 is 1.10 bits per heavy atom. The lowest BCUT2D eigenvalue weighted by molar-refractivity contribution is -0.185. The molecule has 0 saturated carbocycles. The second-order valence-corrected chi connectivity index (χ2v) is 11.2. The summed E-state index contributed by atoms with van der Waals surface area (Å²) in [5.74, 6) is -4.58. The number of esters is 3. The Hall–Kier alpha value is -4.35. The van der Waals surface area contributed by atoms with Gasteiger partial charge in [-0.05, 0) is 38.3 Å². The smallest absolute Gasteiger partial charge is 0.408 e. The zero-order valence-electron chi connectivity index (χ0n) is 24.4. The van der Waals surface area contributed by atoms with Crippen LogP contribution in [0.15, 0.2) is 53.8 Å². The number of hydrogen-bond acceptors (Lipinski definition) is 10. The second kappa shape index (κ2) is 14.0. The number of methoxy groups -OCH3 is 1. The van der Waals surface area contributed by atoms with E-state index in [1.54, 1.807) is 51.1 Å². The van der Waals surface area contributed by atoms with Gasteiger partial charge in [-0.25, -0.2) is 14.4 Å². The van der Waals surface area contributed by atoms with Gasteiger partial charge in [0, 0.05) is 18.8 Å². The molecule has 0 spiro atoms. The molecule has 0 unspecified atom stereocenters. The summed E-state index contributed by atoms with van der Waals surface area (Å²) in [7, 11) is 1.24. The number of nitrogens with one attached hydrogen (secondary N) is 1. The van der Waals surface area contributed by atoms with Crippen LogP contribution >= 0.6 is 0 Å². The Morgan fingerprint density at radius 2 is 1.79 bits per heavy atom. The van der Waals surface area contributed by atoms with E-state index in [0.717, 1.165) is 5.56 Å². The number of amides is 2. The molecular weight excluding hydrogens is 548 g/mol. The fraction of sp³-hybridized carbons (Fsp3) is 0.500. The van der Waals surface area contributed by atoms with Crippen LogP contribution in [0.3, 0.4) is 0 Å². The van der Waals surface area contributed by atoms with Gasteiger partial charge in [0.25, 0.3) is 6.29 Å². The number of allylic oxidation sites excluding steroid dienone is 1. The van der Waals surface area contributed by atoms with Crippen molar-refractivity contribution >= 4 is 29.9 Å². The number of rotatable bonds is 11. The molecule has 2 aliphatic rings. The van der Waals surface area contributed by atoms with Crippen LogP contribution < -0.4 is 11.1 Å². The predicted molar refractivity (Wildman–Crippen MR) is 148 cm³/mol. The third-order valence-corrected chi connectivity index (χ3v) is 6.72. The van der Waals surface area contributed by atoms with Gasteiger partial charge >= 0.3 is 24.0 Å². The first-order valence-electron chi connectivity index (χ1n) is 13.6. The topological polar surface area (TPSA) is 170 Å². The van der Waals surface area contributed by atoms with E-state index in [2.05, 4.69) is 5.32 Å². The molecule has 1 aromatic rings. The molecule has 1 aliphatic heterocycles. The Labute approximate surface area is 244 Å². The zero-order valence-corrected chi connectivity index (χ0v) is 24.4. The fourth-order valence-corrected chi connectivity index (χ4v) is 4.76. The molecule has 12 nitrogen and oxygen atoms in total. The number of carbonyl (C=O) groups excluding carboxylic acids is 5.